The third-order valence-corrected chi connectivity index (χ3v) is 5.52. The average Bonchev–Trinajstić information content (AvgIpc) is 2.81. The van der Waals surface area contributed by atoms with Gasteiger partial charge in [0.1, 0.15) is 6.54 Å². The van der Waals surface area contributed by atoms with E-state index in [1.807, 2.05) is 0 Å². The molecule has 0 aliphatic heterocycles. The molecule has 0 aromatic heterocycles. The van der Waals surface area contributed by atoms with Gasteiger partial charge in [0.25, 0.3) is 5.91 Å². The van der Waals surface area contributed by atoms with Crippen LogP contribution in [0, 0.1) is 0 Å². The van der Waals surface area contributed by atoms with Crippen molar-refractivity contribution in [2.45, 2.75) is 12.4 Å². The van der Waals surface area contributed by atoms with E-state index in [4.69, 9.17) is 23.2 Å². The second kappa shape index (κ2) is 11.4. The molecule has 0 aliphatic rings. The molecule has 0 spiro atoms. The summed E-state index contributed by atoms with van der Waals surface area (Å²) in [7, 11) is 0. The van der Waals surface area contributed by atoms with Crippen LogP contribution < -0.4 is 10.6 Å². The first-order valence-corrected chi connectivity index (χ1v) is 11.3. The molecule has 0 unspecified atom stereocenters. The third-order valence-electron chi connectivity index (χ3n) is 5.08. The van der Waals surface area contributed by atoms with E-state index in [9.17, 15) is 40.7 Å². The maximum Gasteiger partial charge on any atom is 0.417 e. The Bertz CT molecular complexity index is 1410. The molecule has 3 aromatic carbocycles. The van der Waals surface area contributed by atoms with Gasteiger partial charge in [-0.15, -0.1) is 0 Å². The highest BCUT2D eigenvalue weighted by atomic mass is 35.5. The maximum absolute atomic E-state index is 13.8. The zero-order valence-electron chi connectivity index (χ0n) is 18.9. The monoisotopic (exact) mass is 576 g/mol. The number of nitrogens with one attached hydrogen (secondary N) is 2. The summed E-state index contributed by atoms with van der Waals surface area (Å²) in [5, 5.41) is 3.94. The van der Waals surface area contributed by atoms with Gasteiger partial charge in [-0.3, -0.25) is 14.4 Å². The minimum absolute atomic E-state index is 0.0533. The van der Waals surface area contributed by atoms with Gasteiger partial charge in [0.15, 0.2) is 5.78 Å². The van der Waals surface area contributed by atoms with Crippen molar-refractivity contribution < 1.29 is 40.7 Å². The van der Waals surface area contributed by atoms with Gasteiger partial charge in [0.2, 0.25) is 5.91 Å². The predicted octanol–water partition coefficient (Wildman–Crippen LogP) is 6.38. The second-order valence-electron chi connectivity index (χ2n) is 7.86. The fourth-order valence-electron chi connectivity index (χ4n) is 3.48. The molecule has 0 atom stereocenters. The third kappa shape index (κ3) is 7.48. The number of halogens is 8. The quantitative estimate of drug-likeness (QED) is 0.194. The van der Waals surface area contributed by atoms with Gasteiger partial charge in [-0.05, 0) is 52.7 Å². The molecule has 0 fully saturated rings. The number of hydrogen-bond donors (Lipinski definition) is 2. The van der Waals surface area contributed by atoms with E-state index < -0.39 is 54.2 Å². The summed E-state index contributed by atoms with van der Waals surface area (Å²) in [6, 6.07) is 11.4. The van der Waals surface area contributed by atoms with E-state index in [0.717, 1.165) is 24.3 Å². The molecular formula is C25H16Cl2F6N2O3. The fourth-order valence-corrected chi connectivity index (χ4v) is 4.00. The summed E-state index contributed by atoms with van der Waals surface area (Å²) in [5.41, 5.74) is -1.92. The van der Waals surface area contributed by atoms with Gasteiger partial charge in [-0.1, -0.05) is 47.5 Å². The van der Waals surface area contributed by atoms with Gasteiger partial charge in [-0.2, -0.15) is 26.3 Å². The molecule has 38 heavy (non-hydrogen) atoms. The number of fused-ring (bicyclic) bond motifs is 1. The number of rotatable bonds is 7. The Balaban J connectivity index is 1.94. The van der Waals surface area contributed by atoms with Gasteiger partial charge < -0.3 is 10.6 Å². The normalized spacial score (nSPS) is 12.4. The van der Waals surface area contributed by atoms with Crippen molar-refractivity contribution in [3.63, 3.8) is 0 Å². The van der Waals surface area contributed by atoms with E-state index in [0.29, 0.717) is 6.08 Å². The standard InChI is InChI=1S/C25H16Cl2F6N2O3/c26-14-7-13(8-15(27)9-14)20(25(31,32)33)10-21(36)18-5-6-19(17-4-2-1-3-16(17)18)23(38)34-11-22(37)35-12-24(28,29)30/h1-10H,11-12H2,(H,34,38)(H,35,37)/b20-10-. The lowest BCUT2D eigenvalue weighted by Gasteiger charge is -2.14. The minimum atomic E-state index is -4.94. The smallest absolute Gasteiger partial charge is 0.345 e. The Hall–Kier alpha value is -3.57. The van der Waals surface area contributed by atoms with Gasteiger partial charge in [-0.25, -0.2) is 0 Å². The highest BCUT2D eigenvalue weighted by Gasteiger charge is 2.36. The summed E-state index contributed by atoms with van der Waals surface area (Å²) >= 11 is 11.7. The molecule has 0 saturated heterocycles. The van der Waals surface area contributed by atoms with Gasteiger partial charge in [0, 0.05) is 21.2 Å². The Morgan fingerprint density at radius 2 is 1.34 bits per heavy atom. The first-order valence-electron chi connectivity index (χ1n) is 10.6. The molecule has 200 valence electrons. The highest BCUT2D eigenvalue weighted by Crippen LogP contribution is 2.37. The topological polar surface area (TPSA) is 75.3 Å². The molecule has 2 N–H and O–H groups in total. The van der Waals surface area contributed by atoms with E-state index in [2.05, 4.69) is 5.32 Å². The summed E-state index contributed by atoms with van der Waals surface area (Å²) < 4.78 is 78.2. The summed E-state index contributed by atoms with van der Waals surface area (Å²) in [6.07, 6.45) is -9.17. The van der Waals surface area contributed by atoms with Crippen LogP contribution in [0.5, 0.6) is 0 Å². The van der Waals surface area contributed by atoms with E-state index in [1.54, 1.807) is 5.32 Å². The molecule has 0 radical (unpaired) electrons. The zero-order chi connectivity index (χ0) is 28.3. The van der Waals surface area contributed by atoms with Crippen LogP contribution in [-0.4, -0.2) is 43.0 Å². The molecule has 0 bridgehead atoms. The largest absolute Gasteiger partial charge is 0.417 e. The number of amides is 2. The molecule has 3 rings (SSSR count). The van der Waals surface area contributed by atoms with E-state index in [-0.39, 0.29) is 31.9 Å². The molecule has 0 saturated carbocycles. The first kappa shape index (κ1) is 29.0. The zero-order valence-corrected chi connectivity index (χ0v) is 20.4. The number of carbonyl (C=O) groups is 3. The Kier molecular flexibility index (Phi) is 8.73. The number of ketones is 1. The Morgan fingerprint density at radius 3 is 1.89 bits per heavy atom. The molecule has 5 nitrogen and oxygen atoms in total. The van der Waals surface area contributed by atoms with Crippen molar-refractivity contribution in [2.24, 2.45) is 0 Å². The molecule has 0 aliphatic carbocycles. The van der Waals surface area contributed by atoms with Crippen LogP contribution >= 0.6 is 23.2 Å². The molecule has 3 aromatic rings. The minimum Gasteiger partial charge on any atom is -0.345 e. The van der Waals surface area contributed by atoms with Crippen LogP contribution in [-0.2, 0) is 4.79 Å². The summed E-state index contributed by atoms with van der Waals surface area (Å²) in [6.45, 7) is -2.33. The lowest BCUT2D eigenvalue weighted by atomic mass is 9.95. The molecular weight excluding hydrogens is 561 g/mol. The number of hydrogen-bond acceptors (Lipinski definition) is 3. The average molecular weight is 577 g/mol. The van der Waals surface area contributed by atoms with Crippen molar-refractivity contribution in [3.8, 4) is 0 Å². The highest BCUT2D eigenvalue weighted by molar-refractivity contribution is 6.35. The van der Waals surface area contributed by atoms with Crippen LogP contribution in [0.3, 0.4) is 0 Å². The summed E-state index contributed by atoms with van der Waals surface area (Å²) in [4.78, 5) is 37.2. The van der Waals surface area contributed by atoms with Crippen molar-refractivity contribution in [1.82, 2.24) is 10.6 Å². The SMILES string of the molecule is O=C(CNC(=O)c1ccc(C(=O)/C=C(/c2cc(Cl)cc(Cl)c2)C(F)(F)F)c2ccccc12)NCC(F)(F)F. The fraction of sp³-hybridized carbons (Fsp3) is 0.160. The van der Waals surface area contributed by atoms with Crippen LogP contribution in [0.15, 0.2) is 60.7 Å². The van der Waals surface area contributed by atoms with Crippen LogP contribution in [0.25, 0.3) is 16.3 Å². The van der Waals surface area contributed by atoms with Crippen molar-refractivity contribution in [1.29, 1.82) is 0 Å². The van der Waals surface area contributed by atoms with Crippen molar-refractivity contribution in [2.75, 3.05) is 13.1 Å². The van der Waals surface area contributed by atoms with Crippen LogP contribution in [0.4, 0.5) is 26.3 Å². The van der Waals surface area contributed by atoms with E-state index >= 15 is 0 Å². The number of alkyl halides is 6. The van der Waals surface area contributed by atoms with Gasteiger partial charge in [0.05, 0.1) is 12.1 Å². The van der Waals surface area contributed by atoms with Gasteiger partial charge >= 0.3 is 12.4 Å². The summed E-state index contributed by atoms with van der Waals surface area (Å²) in [5.74, 6) is -2.96. The van der Waals surface area contributed by atoms with E-state index in [1.165, 1.54) is 30.3 Å². The number of benzene rings is 3. The molecule has 13 heteroatoms. The predicted molar refractivity (Wildman–Crippen MR) is 130 cm³/mol. The van der Waals surface area contributed by atoms with Crippen LogP contribution in [0.1, 0.15) is 26.3 Å². The lowest BCUT2D eigenvalue weighted by Crippen LogP contribution is -2.40. The Labute approximate surface area is 221 Å². The lowest BCUT2D eigenvalue weighted by molar-refractivity contribution is -0.137. The first-order chi connectivity index (χ1) is 17.7. The maximum atomic E-state index is 13.8. The number of carbonyl (C=O) groups excluding carboxylic acids is 3. The van der Waals surface area contributed by atoms with Crippen molar-refractivity contribution in [3.05, 3.63) is 87.4 Å². The van der Waals surface area contributed by atoms with Crippen LogP contribution in [0.2, 0.25) is 10.0 Å². The Morgan fingerprint density at radius 1 is 0.789 bits per heavy atom. The molecule has 0 heterocycles. The number of allylic oxidation sites excluding steroid dienone is 2. The van der Waals surface area contributed by atoms with Crippen molar-refractivity contribution >= 4 is 57.1 Å². The second-order valence-corrected chi connectivity index (χ2v) is 8.73. The molecule has 2 amide bonds.